The highest BCUT2D eigenvalue weighted by Crippen LogP contribution is 2.34. The summed E-state index contributed by atoms with van der Waals surface area (Å²) in [7, 11) is 0. The molecule has 0 aromatic rings. The fraction of sp³-hybridized carbons (Fsp3) is 0.867. The summed E-state index contributed by atoms with van der Waals surface area (Å²) in [6.45, 7) is 2.92. The van der Waals surface area contributed by atoms with Crippen LogP contribution in [0.15, 0.2) is 11.1 Å². The molecule has 1 saturated heterocycles. The van der Waals surface area contributed by atoms with E-state index in [0.717, 1.165) is 6.04 Å². The normalized spacial score (nSPS) is 32.6. The number of rotatable bonds is 1. The zero-order valence-corrected chi connectivity index (χ0v) is 10.6. The third kappa shape index (κ3) is 2.07. The first-order chi connectivity index (χ1) is 7.95. The van der Waals surface area contributed by atoms with Crippen LogP contribution in [0.25, 0.3) is 0 Å². The molecule has 3 rings (SSSR count). The summed E-state index contributed by atoms with van der Waals surface area (Å²) in [5, 5.41) is 0. The van der Waals surface area contributed by atoms with Gasteiger partial charge < -0.3 is 4.90 Å². The van der Waals surface area contributed by atoms with Gasteiger partial charge in [-0.25, -0.2) is 0 Å². The quantitative estimate of drug-likeness (QED) is 0.648. The fourth-order valence-corrected chi connectivity index (χ4v) is 4.20. The minimum absolute atomic E-state index is 0.952. The molecule has 0 aromatic carbocycles. The largest absolute Gasteiger partial charge is 0.329 e. The first kappa shape index (κ1) is 10.8. The maximum atomic E-state index is 1.94. The maximum absolute atomic E-state index is 1.94. The lowest BCUT2D eigenvalue weighted by Crippen LogP contribution is -3.16. The second-order valence-corrected chi connectivity index (χ2v) is 6.00. The van der Waals surface area contributed by atoms with Gasteiger partial charge in [0.15, 0.2) is 0 Å². The van der Waals surface area contributed by atoms with Crippen molar-refractivity contribution in [2.24, 2.45) is 0 Å². The summed E-state index contributed by atoms with van der Waals surface area (Å²) in [5.74, 6) is 0. The van der Waals surface area contributed by atoms with Gasteiger partial charge in [-0.1, -0.05) is 5.57 Å². The first-order valence-electron chi connectivity index (χ1n) is 7.50. The standard InChI is InChI=1S/C15H25N/c1-4-11-16(12-5-1)15-10-6-9-14(15)13-7-2-3-8-13/h15H,1-12H2/p+1. The Morgan fingerprint density at radius 1 is 0.750 bits per heavy atom. The zero-order valence-electron chi connectivity index (χ0n) is 10.6. The molecule has 2 aliphatic carbocycles. The van der Waals surface area contributed by atoms with Crippen LogP contribution >= 0.6 is 0 Å². The van der Waals surface area contributed by atoms with Gasteiger partial charge in [-0.15, -0.1) is 0 Å². The van der Waals surface area contributed by atoms with Gasteiger partial charge in [0, 0.05) is 6.42 Å². The first-order valence-corrected chi connectivity index (χ1v) is 7.50. The van der Waals surface area contributed by atoms with Crippen LogP contribution in [-0.4, -0.2) is 19.1 Å². The number of allylic oxidation sites excluding steroid dienone is 1. The van der Waals surface area contributed by atoms with E-state index in [-0.39, 0.29) is 0 Å². The highest BCUT2D eigenvalue weighted by atomic mass is 15.2. The molecule has 3 fully saturated rings. The molecule has 1 aliphatic heterocycles. The lowest BCUT2D eigenvalue weighted by atomic mass is 9.99. The Hall–Kier alpha value is -0.300. The smallest absolute Gasteiger partial charge is 0.109 e. The Kier molecular flexibility index (Phi) is 3.32. The van der Waals surface area contributed by atoms with Crippen LogP contribution in [0.4, 0.5) is 0 Å². The van der Waals surface area contributed by atoms with E-state index >= 15 is 0 Å². The number of nitrogens with one attached hydrogen (secondary N) is 1. The zero-order chi connectivity index (χ0) is 10.8. The number of hydrogen-bond donors (Lipinski definition) is 1. The monoisotopic (exact) mass is 220 g/mol. The predicted molar refractivity (Wildman–Crippen MR) is 67.7 cm³/mol. The molecule has 1 atom stereocenters. The molecule has 90 valence electrons. The fourth-order valence-electron chi connectivity index (χ4n) is 4.20. The van der Waals surface area contributed by atoms with Crippen molar-refractivity contribution in [2.75, 3.05) is 13.1 Å². The molecule has 1 unspecified atom stereocenters. The molecule has 0 bridgehead atoms. The van der Waals surface area contributed by atoms with Crippen molar-refractivity contribution in [3.05, 3.63) is 11.1 Å². The molecule has 1 heteroatoms. The van der Waals surface area contributed by atoms with E-state index in [4.69, 9.17) is 0 Å². The van der Waals surface area contributed by atoms with Crippen LogP contribution in [0.5, 0.6) is 0 Å². The van der Waals surface area contributed by atoms with Gasteiger partial charge in [0.1, 0.15) is 6.04 Å². The molecular weight excluding hydrogens is 194 g/mol. The highest BCUT2D eigenvalue weighted by Gasteiger charge is 2.33. The summed E-state index contributed by atoms with van der Waals surface area (Å²) in [6.07, 6.45) is 14.7. The molecule has 2 saturated carbocycles. The van der Waals surface area contributed by atoms with Crippen LogP contribution < -0.4 is 4.90 Å². The number of hydrogen-bond acceptors (Lipinski definition) is 0. The van der Waals surface area contributed by atoms with Crippen LogP contribution in [-0.2, 0) is 0 Å². The van der Waals surface area contributed by atoms with Gasteiger partial charge in [-0.3, -0.25) is 0 Å². The Bertz CT molecular complexity index is 265. The Labute approximate surface area is 99.9 Å². The van der Waals surface area contributed by atoms with Gasteiger partial charge in [0.25, 0.3) is 0 Å². The van der Waals surface area contributed by atoms with E-state index in [2.05, 4.69) is 0 Å². The van der Waals surface area contributed by atoms with E-state index < -0.39 is 0 Å². The SMILES string of the molecule is C1CC[NH+](C2CCCC2=C2CCCC2)CC1. The molecule has 16 heavy (non-hydrogen) atoms. The summed E-state index contributed by atoms with van der Waals surface area (Å²) in [4.78, 5) is 1.94. The van der Waals surface area contributed by atoms with Gasteiger partial charge in [-0.2, -0.15) is 0 Å². The third-order valence-corrected chi connectivity index (χ3v) is 5.01. The molecule has 0 amide bonds. The summed E-state index contributed by atoms with van der Waals surface area (Å²) in [5.41, 5.74) is 3.81. The Morgan fingerprint density at radius 2 is 1.50 bits per heavy atom. The molecule has 0 radical (unpaired) electrons. The topological polar surface area (TPSA) is 4.44 Å². The molecular formula is C15H26N+. The highest BCUT2D eigenvalue weighted by molar-refractivity contribution is 5.23. The summed E-state index contributed by atoms with van der Waals surface area (Å²) in [6, 6.07) is 0.952. The molecule has 1 heterocycles. The summed E-state index contributed by atoms with van der Waals surface area (Å²) >= 11 is 0. The summed E-state index contributed by atoms with van der Waals surface area (Å²) < 4.78 is 0. The number of quaternary nitrogens is 1. The van der Waals surface area contributed by atoms with Crippen molar-refractivity contribution in [3.63, 3.8) is 0 Å². The van der Waals surface area contributed by atoms with Gasteiger partial charge in [-0.05, 0) is 63.4 Å². The molecule has 1 nitrogen and oxygen atoms in total. The lowest BCUT2D eigenvalue weighted by molar-refractivity contribution is -0.924. The average molecular weight is 220 g/mol. The van der Waals surface area contributed by atoms with Crippen LogP contribution in [0.1, 0.15) is 64.2 Å². The number of piperidine rings is 1. The maximum Gasteiger partial charge on any atom is 0.109 e. The molecule has 0 spiro atoms. The van der Waals surface area contributed by atoms with Gasteiger partial charge in [0.2, 0.25) is 0 Å². The average Bonchev–Trinajstić information content (AvgIpc) is 3.01. The second-order valence-electron chi connectivity index (χ2n) is 6.00. The van der Waals surface area contributed by atoms with E-state index in [9.17, 15) is 0 Å². The Balaban J connectivity index is 1.75. The Morgan fingerprint density at radius 3 is 2.25 bits per heavy atom. The lowest BCUT2D eigenvalue weighted by Gasteiger charge is -2.30. The van der Waals surface area contributed by atoms with Gasteiger partial charge in [0.05, 0.1) is 13.1 Å². The third-order valence-electron chi connectivity index (χ3n) is 5.01. The van der Waals surface area contributed by atoms with Crippen molar-refractivity contribution >= 4 is 0 Å². The minimum Gasteiger partial charge on any atom is -0.329 e. The molecule has 1 N–H and O–H groups in total. The van der Waals surface area contributed by atoms with Crippen LogP contribution in [0, 0.1) is 0 Å². The van der Waals surface area contributed by atoms with Gasteiger partial charge >= 0.3 is 0 Å². The second kappa shape index (κ2) is 4.91. The van der Waals surface area contributed by atoms with Crippen molar-refractivity contribution in [1.29, 1.82) is 0 Å². The van der Waals surface area contributed by atoms with Crippen LogP contribution in [0.2, 0.25) is 0 Å². The van der Waals surface area contributed by atoms with E-state index in [1.807, 2.05) is 16.0 Å². The minimum atomic E-state index is 0.952. The van der Waals surface area contributed by atoms with Crippen LogP contribution in [0.3, 0.4) is 0 Å². The van der Waals surface area contributed by atoms with E-state index in [1.54, 1.807) is 0 Å². The van der Waals surface area contributed by atoms with Crippen molar-refractivity contribution < 1.29 is 4.90 Å². The molecule has 3 aliphatic rings. The molecule has 0 aromatic heterocycles. The van der Waals surface area contributed by atoms with E-state index in [1.165, 1.54) is 77.3 Å². The number of likely N-dealkylation sites (tertiary alicyclic amines) is 1. The predicted octanol–water partition coefficient (Wildman–Crippen LogP) is 2.48. The van der Waals surface area contributed by atoms with Crippen molar-refractivity contribution in [2.45, 2.75) is 70.3 Å². The van der Waals surface area contributed by atoms with Crippen molar-refractivity contribution in [3.8, 4) is 0 Å². The van der Waals surface area contributed by atoms with E-state index in [0.29, 0.717) is 0 Å². The van der Waals surface area contributed by atoms with Crippen molar-refractivity contribution in [1.82, 2.24) is 0 Å².